The molecule has 6 N–H and O–H groups in total. The number of hydrogen-bond acceptors (Lipinski definition) is 6. The molecule has 1 aliphatic rings. The number of hydrogen-bond donors (Lipinski definition) is 4. The maximum atomic E-state index is 11.8. The Bertz CT molecular complexity index is 335. The molecule has 1 rings (SSSR count). The summed E-state index contributed by atoms with van der Waals surface area (Å²) in [6.45, 7) is 0.117. The van der Waals surface area contributed by atoms with Crippen LogP contribution in [0.3, 0.4) is 0 Å². The first-order valence-corrected chi connectivity index (χ1v) is 5.15. The Morgan fingerprint density at radius 2 is 2.24 bits per heavy atom. The van der Waals surface area contributed by atoms with Gasteiger partial charge < -0.3 is 21.5 Å². The molecule has 2 atom stereocenters. The summed E-state index contributed by atoms with van der Waals surface area (Å²) in [7, 11) is -1.68. The Hall–Kier alpha value is -1.45. The lowest BCUT2D eigenvalue weighted by atomic mass is 9.79. The van der Waals surface area contributed by atoms with E-state index in [0.29, 0.717) is 0 Å². The van der Waals surface area contributed by atoms with Gasteiger partial charge in [-0.1, -0.05) is 0 Å². The zero-order chi connectivity index (χ0) is 13.0. The fraction of sp³-hybridized carbons (Fsp3) is 0.625. The Morgan fingerprint density at radius 3 is 2.76 bits per heavy atom. The normalized spacial score (nSPS) is 20.4. The van der Waals surface area contributed by atoms with Gasteiger partial charge in [0.05, 0.1) is 24.9 Å². The van der Waals surface area contributed by atoms with E-state index in [-0.39, 0.29) is 19.4 Å². The van der Waals surface area contributed by atoms with E-state index in [9.17, 15) is 9.59 Å². The van der Waals surface area contributed by atoms with E-state index < -0.39 is 30.9 Å². The van der Waals surface area contributed by atoms with Gasteiger partial charge in [0.2, 0.25) is 11.8 Å². The molecule has 0 bridgehead atoms. The van der Waals surface area contributed by atoms with Crippen molar-refractivity contribution in [2.75, 3.05) is 6.54 Å². The third kappa shape index (κ3) is 3.51. The Balaban J connectivity index is 2.56. The molecule has 2 amide bonds. The summed E-state index contributed by atoms with van der Waals surface area (Å²) in [5, 5.41) is 18.1. The number of nitrogens with two attached hydrogens (primary N) is 2. The van der Waals surface area contributed by atoms with Gasteiger partial charge >= 0.3 is 7.12 Å². The first-order valence-electron chi connectivity index (χ1n) is 5.15. The van der Waals surface area contributed by atoms with Crippen LogP contribution < -0.4 is 11.5 Å². The standard InChI is InChI=1S/C8H15BN4O4/c10-5(1-2-7(11)14)8(15)13-4-12-3-6(13)9(16)17/h4-6,16-17H,1-3,10H2,(H2,11,14)/t5-,6?/m0/s1. The Labute approximate surface area is 98.4 Å². The molecule has 9 heteroatoms. The van der Waals surface area contributed by atoms with Crippen molar-refractivity contribution in [2.24, 2.45) is 16.5 Å². The number of amides is 2. The van der Waals surface area contributed by atoms with Crippen LogP contribution in [0, 0.1) is 0 Å². The van der Waals surface area contributed by atoms with E-state index in [0.717, 1.165) is 4.90 Å². The molecule has 0 radical (unpaired) electrons. The third-order valence-electron chi connectivity index (χ3n) is 2.47. The Morgan fingerprint density at radius 1 is 1.59 bits per heavy atom. The Kier molecular flexibility index (Phi) is 4.61. The first-order chi connectivity index (χ1) is 7.93. The number of carbonyl (C=O) groups excluding carboxylic acids is 2. The molecule has 0 aliphatic carbocycles. The summed E-state index contributed by atoms with van der Waals surface area (Å²) in [5.41, 5.74) is 10.5. The third-order valence-corrected chi connectivity index (χ3v) is 2.47. The number of primary amides is 1. The molecular weight excluding hydrogens is 227 g/mol. The molecule has 94 valence electrons. The molecule has 1 heterocycles. The minimum absolute atomic E-state index is 0.00420. The topological polar surface area (TPSA) is 142 Å². The number of nitrogens with zero attached hydrogens (tertiary/aromatic N) is 2. The average molecular weight is 242 g/mol. The zero-order valence-corrected chi connectivity index (χ0v) is 9.19. The highest BCUT2D eigenvalue weighted by molar-refractivity contribution is 6.44. The van der Waals surface area contributed by atoms with E-state index in [1.807, 2.05) is 0 Å². The predicted molar refractivity (Wildman–Crippen MR) is 60.6 cm³/mol. The summed E-state index contributed by atoms with van der Waals surface area (Å²) in [4.78, 5) is 27.2. The quantitative estimate of drug-likeness (QED) is 0.376. The van der Waals surface area contributed by atoms with E-state index >= 15 is 0 Å². The van der Waals surface area contributed by atoms with E-state index in [1.54, 1.807) is 0 Å². The summed E-state index contributed by atoms with van der Waals surface area (Å²) >= 11 is 0. The molecule has 1 aliphatic heterocycles. The SMILES string of the molecule is NC(=O)CC[C@H](N)C(=O)N1C=NCC1B(O)O. The van der Waals surface area contributed by atoms with Crippen LogP contribution in [0.1, 0.15) is 12.8 Å². The van der Waals surface area contributed by atoms with Crippen LogP contribution in [0.25, 0.3) is 0 Å². The first kappa shape index (κ1) is 13.6. The second kappa shape index (κ2) is 5.76. The molecule has 1 unspecified atom stereocenters. The lowest BCUT2D eigenvalue weighted by Crippen LogP contribution is -2.52. The minimum atomic E-state index is -1.68. The van der Waals surface area contributed by atoms with Crippen molar-refractivity contribution >= 4 is 25.3 Å². The van der Waals surface area contributed by atoms with Crippen LogP contribution in [0.5, 0.6) is 0 Å². The van der Waals surface area contributed by atoms with Crippen LogP contribution >= 0.6 is 0 Å². The van der Waals surface area contributed by atoms with Gasteiger partial charge in [-0.15, -0.1) is 0 Å². The van der Waals surface area contributed by atoms with Gasteiger partial charge in [0.25, 0.3) is 0 Å². The molecule has 0 spiro atoms. The van der Waals surface area contributed by atoms with Crippen molar-refractivity contribution in [1.29, 1.82) is 0 Å². The van der Waals surface area contributed by atoms with Crippen LogP contribution in [-0.4, -0.2) is 58.7 Å². The van der Waals surface area contributed by atoms with Gasteiger partial charge in [-0.25, -0.2) is 0 Å². The molecular formula is C8H15BN4O4. The maximum absolute atomic E-state index is 11.8. The van der Waals surface area contributed by atoms with Gasteiger partial charge in [0, 0.05) is 6.42 Å². The van der Waals surface area contributed by atoms with Crippen molar-refractivity contribution in [3.05, 3.63) is 0 Å². The van der Waals surface area contributed by atoms with E-state index in [2.05, 4.69) is 4.99 Å². The number of rotatable bonds is 5. The van der Waals surface area contributed by atoms with E-state index in [4.69, 9.17) is 21.5 Å². The van der Waals surface area contributed by atoms with Crippen LogP contribution in [0.2, 0.25) is 0 Å². The highest BCUT2D eigenvalue weighted by atomic mass is 16.4. The van der Waals surface area contributed by atoms with Crippen molar-refractivity contribution < 1.29 is 19.6 Å². The fourth-order valence-corrected chi connectivity index (χ4v) is 1.49. The second-order valence-electron chi connectivity index (χ2n) is 3.82. The minimum Gasteiger partial charge on any atom is -0.426 e. The largest absolute Gasteiger partial charge is 0.478 e. The van der Waals surface area contributed by atoms with Crippen LogP contribution in [0.4, 0.5) is 0 Å². The molecule has 0 saturated carbocycles. The van der Waals surface area contributed by atoms with Crippen molar-refractivity contribution in [3.8, 4) is 0 Å². The smallest absolute Gasteiger partial charge is 0.426 e. The zero-order valence-electron chi connectivity index (χ0n) is 9.19. The van der Waals surface area contributed by atoms with Crippen LogP contribution in [0.15, 0.2) is 4.99 Å². The summed E-state index contributed by atoms with van der Waals surface area (Å²) in [6, 6.07) is -0.909. The highest BCUT2D eigenvalue weighted by Crippen LogP contribution is 2.09. The van der Waals surface area contributed by atoms with Crippen LogP contribution in [-0.2, 0) is 9.59 Å². The summed E-state index contributed by atoms with van der Waals surface area (Å²) in [6.07, 6.45) is 1.34. The van der Waals surface area contributed by atoms with Gasteiger partial charge in [0.15, 0.2) is 0 Å². The van der Waals surface area contributed by atoms with E-state index in [1.165, 1.54) is 6.34 Å². The molecule has 8 nitrogen and oxygen atoms in total. The molecule has 0 aromatic heterocycles. The average Bonchev–Trinajstić information content (AvgIpc) is 2.73. The van der Waals surface area contributed by atoms with Gasteiger partial charge in [-0.05, 0) is 6.42 Å². The number of aliphatic imine (C=N–C) groups is 1. The predicted octanol–water partition coefficient (Wildman–Crippen LogP) is -3.17. The monoisotopic (exact) mass is 242 g/mol. The van der Waals surface area contributed by atoms with Gasteiger partial charge in [-0.2, -0.15) is 0 Å². The second-order valence-corrected chi connectivity index (χ2v) is 3.82. The van der Waals surface area contributed by atoms with Crippen molar-refractivity contribution in [2.45, 2.75) is 24.8 Å². The highest BCUT2D eigenvalue weighted by Gasteiger charge is 2.36. The van der Waals surface area contributed by atoms with Crippen molar-refractivity contribution in [3.63, 3.8) is 0 Å². The molecule has 0 aromatic rings. The van der Waals surface area contributed by atoms with Gasteiger partial charge in [-0.3, -0.25) is 19.5 Å². The fourth-order valence-electron chi connectivity index (χ4n) is 1.49. The van der Waals surface area contributed by atoms with Crippen molar-refractivity contribution in [1.82, 2.24) is 4.90 Å². The molecule has 0 aromatic carbocycles. The molecule has 17 heavy (non-hydrogen) atoms. The summed E-state index contributed by atoms with van der Waals surface area (Å²) in [5.74, 6) is -1.87. The molecule has 0 saturated heterocycles. The maximum Gasteiger partial charge on any atom is 0.478 e. The lowest BCUT2D eigenvalue weighted by Gasteiger charge is -2.24. The van der Waals surface area contributed by atoms with Gasteiger partial charge in [0.1, 0.15) is 0 Å². The lowest BCUT2D eigenvalue weighted by molar-refractivity contribution is -0.129. The number of carbonyl (C=O) groups is 2. The molecule has 0 fully saturated rings. The summed E-state index contributed by atoms with van der Waals surface area (Å²) < 4.78 is 0.